The van der Waals surface area contributed by atoms with Crippen LogP contribution in [0.4, 0.5) is 0 Å². The second kappa shape index (κ2) is 7.62. The number of hydrogen-bond donors (Lipinski definition) is 0. The van der Waals surface area contributed by atoms with Crippen LogP contribution in [0.5, 0.6) is 0 Å². The summed E-state index contributed by atoms with van der Waals surface area (Å²) in [6, 6.07) is 10.5. The molecule has 2 aromatic rings. The fourth-order valence-corrected chi connectivity index (χ4v) is 3.42. The Kier molecular flexibility index (Phi) is 5.30. The summed E-state index contributed by atoms with van der Waals surface area (Å²) < 4.78 is 2.01. The molecule has 24 heavy (non-hydrogen) atoms. The predicted molar refractivity (Wildman–Crippen MR) is 94.4 cm³/mol. The number of carbonyl (C=O) groups is 1. The number of aryl methyl sites for hydroxylation is 1. The van der Waals surface area contributed by atoms with Crippen LogP contribution in [0.3, 0.4) is 0 Å². The van der Waals surface area contributed by atoms with E-state index in [0.29, 0.717) is 0 Å². The molecule has 2 heterocycles. The van der Waals surface area contributed by atoms with Gasteiger partial charge in [0.2, 0.25) is 5.91 Å². The first kappa shape index (κ1) is 16.7. The van der Waals surface area contributed by atoms with E-state index in [1.54, 1.807) is 6.92 Å². The van der Waals surface area contributed by atoms with Gasteiger partial charge in [-0.25, -0.2) is 0 Å². The highest BCUT2D eigenvalue weighted by molar-refractivity contribution is 5.74. The fourth-order valence-electron chi connectivity index (χ4n) is 3.42. The van der Waals surface area contributed by atoms with Crippen LogP contribution in [-0.2, 0) is 17.9 Å². The van der Waals surface area contributed by atoms with Gasteiger partial charge in [-0.3, -0.25) is 14.4 Å². The van der Waals surface area contributed by atoms with E-state index in [9.17, 15) is 4.79 Å². The largest absolute Gasteiger partial charge is 0.333 e. The SMILES string of the molecule is CCCn1cc(CN2CCN(C(C)=O)C(c3ccccc3)C2)cn1. The maximum absolute atomic E-state index is 12.0. The molecule has 1 aromatic heterocycles. The van der Waals surface area contributed by atoms with Crippen molar-refractivity contribution < 1.29 is 4.79 Å². The average Bonchev–Trinajstić information content (AvgIpc) is 3.03. The highest BCUT2D eigenvalue weighted by Crippen LogP contribution is 2.26. The summed E-state index contributed by atoms with van der Waals surface area (Å²) in [7, 11) is 0. The highest BCUT2D eigenvalue weighted by atomic mass is 16.2. The van der Waals surface area contributed by atoms with Crippen LogP contribution in [0.1, 0.15) is 37.4 Å². The van der Waals surface area contributed by atoms with Crippen molar-refractivity contribution >= 4 is 5.91 Å². The highest BCUT2D eigenvalue weighted by Gasteiger charge is 2.29. The maximum atomic E-state index is 12.0. The van der Waals surface area contributed by atoms with Gasteiger partial charge in [0.25, 0.3) is 0 Å². The lowest BCUT2D eigenvalue weighted by molar-refractivity contribution is -0.134. The van der Waals surface area contributed by atoms with Gasteiger partial charge in [0.15, 0.2) is 0 Å². The molecule has 0 saturated carbocycles. The van der Waals surface area contributed by atoms with Gasteiger partial charge in [-0.05, 0) is 12.0 Å². The fraction of sp³-hybridized carbons (Fsp3) is 0.474. The predicted octanol–water partition coefficient (Wildman–Crippen LogP) is 2.70. The third kappa shape index (κ3) is 3.85. The van der Waals surface area contributed by atoms with Crippen LogP contribution in [0.25, 0.3) is 0 Å². The van der Waals surface area contributed by atoms with Crippen molar-refractivity contribution in [3.63, 3.8) is 0 Å². The molecule has 1 aliphatic rings. The number of nitrogens with zero attached hydrogens (tertiary/aromatic N) is 4. The van der Waals surface area contributed by atoms with Crippen LogP contribution >= 0.6 is 0 Å². The van der Waals surface area contributed by atoms with Gasteiger partial charge in [-0.15, -0.1) is 0 Å². The number of benzene rings is 1. The van der Waals surface area contributed by atoms with Crippen molar-refractivity contribution in [3.05, 3.63) is 53.9 Å². The molecule has 0 N–H and O–H groups in total. The Bertz CT molecular complexity index is 667. The first-order valence-corrected chi connectivity index (χ1v) is 8.73. The van der Waals surface area contributed by atoms with Crippen LogP contribution in [0.2, 0.25) is 0 Å². The lowest BCUT2D eigenvalue weighted by Gasteiger charge is -2.41. The smallest absolute Gasteiger partial charge is 0.220 e. The molecule has 3 rings (SSSR count). The molecule has 0 radical (unpaired) electrons. The molecule has 0 spiro atoms. The Labute approximate surface area is 143 Å². The second-order valence-electron chi connectivity index (χ2n) is 6.49. The van der Waals surface area contributed by atoms with Crippen molar-refractivity contribution in [2.75, 3.05) is 19.6 Å². The minimum Gasteiger partial charge on any atom is -0.333 e. The third-order valence-corrected chi connectivity index (χ3v) is 4.60. The number of carbonyl (C=O) groups excluding carboxylic acids is 1. The van der Waals surface area contributed by atoms with Gasteiger partial charge in [0.1, 0.15) is 0 Å². The van der Waals surface area contributed by atoms with E-state index >= 15 is 0 Å². The van der Waals surface area contributed by atoms with Gasteiger partial charge in [0.05, 0.1) is 12.2 Å². The minimum atomic E-state index is 0.128. The van der Waals surface area contributed by atoms with Crippen LogP contribution in [0.15, 0.2) is 42.7 Å². The Balaban J connectivity index is 1.71. The zero-order chi connectivity index (χ0) is 16.9. The van der Waals surface area contributed by atoms with Gasteiger partial charge >= 0.3 is 0 Å². The zero-order valence-corrected chi connectivity index (χ0v) is 14.6. The topological polar surface area (TPSA) is 41.4 Å². The molecule has 5 nitrogen and oxygen atoms in total. The molecule has 1 fully saturated rings. The summed E-state index contributed by atoms with van der Waals surface area (Å²) in [5, 5.41) is 4.42. The monoisotopic (exact) mass is 326 g/mol. The summed E-state index contributed by atoms with van der Waals surface area (Å²) in [6.45, 7) is 8.22. The van der Waals surface area contributed by atoms with Gasteiger partial charge < -0.3 is 4.90 Å². The van der Waals surface area contributed by atoms with Gasteiger partial charge in [-0.2, -0.15) is 5.10 Å². The lowest BCUT2D eigenvalue weighted by Crippen LogP contribution is -2.49. The van der Waals surface area contributed by atoms with Crippen molar-refractivity contribution in [1.29, 1.82) is 0 Å². The molecule has 5 heteroatoms. The van der Waals surface area contributed by atoms with Gasteiger partial charge in [0, 0.05) is 51.4 Å². The van der Waals surface area contributed by atoms with E-state index in [1.165, 1.54) is 11.1 Å². The van der Waals surface area contributed by atoms with Crippen LogP contribution < -0.4 is 0 Å². The molecule has 128 valence electrons. The van der Waals surface area contributed by atoms with Crippen molar-refractivity contribution in [1.82, 2.24) is 19.6 Å². The zero-order valence-electron chi connectivity index (χ0n) is 14.6. The van der Waals surface area contributed by atoms with E-state index in [4.69, 9.17) is 0 Å². The molecule has 0 aliphatic carbocycles. The third-order valence-electron chi connectivity index (χ3n) is 4.60. The summed E-state index contributed by atoms with van der Waals surface area (Å²) in [5.74, 6) is 0.152. The van der Waals surface area contributed by atoms with E-state index in [0.717, 1.165) is 39.1 Å². The molecule has 1 aromatic carbocycles. The Morgan fingerprint density at radius 1 is 1.25 bits per heavy atom. The molecule has 1 saturated heterocycles. The number of hydrogen-bond acceptors (Lipinski definition) is 3. The Hall–Kier alpha value is -2.14. The quantitative estimate of drug-likeness (QED) is 0.848. The number of piperazine rings is 1. The van der Waals surface area contributed by atoms with Crippen molar-refractivity contribution in [3.8, 4) is 0 Å². The second-order valence-corrected chi connectivity index (χ2v) is 6.49. The Morgan fingerprint density at radius 2 is 2.04 bits per heavy atom. The van der Waals surface area contributed by atoms with Crippen LogP contribution in [-0.4, -0.2) is 45.1 Å². The summed E-state index contributed by atoms with van der Waals surface area (Å²) >= 11 is 0. The van der Waals surface area contributed by atoms with Crippen molar-refractivity contribution in [2.45, 2.75) is 39.4 Å². The van der Waals surface area contributed by atoms with Gasteiger partial charge in [-0.1, -0.05) is 37.3 Å². The van der Waals surface area contributed by atoms with E-state index in [-0.39, 0.29) is 11.9 Å². The van der Waals surface area contributed by atoms with E-state index in [2.05, 4.69) is 35.3 Å². The van der Waals surface area contributed by atoms with E-state index < -0.39 is 0 Å². The lowest BCUT2D eigenvalue weighted by atomic mass is 10.0. The first-order valence-electron chi connectivity index (χ1n) is 8.73. The molecule has 1 aliphatic heterocycles. The molecular formula is C19H26N4O. The maximum Gasteiger partial charge on any atom is 0.220 e. The average molecular weight is 326 g/mol. The minimum absolute atomic E-state index is 0.128. The summed E-state index contributed by atoms with van der Waals surface area (Å²) in [4.78, 5) is 16.4. The van der Waals surface area contributed by atoms with Crippen molar-refractivity contribution in [2.24, 2.45) is 0 Å². The number of rotatable bonds is 5. The molecular weight excluding hydrogens is 300 g/mol. The normalized spacial score (nSPS) is 18.8. The molecule has 0 bridgehead atoms. The Morgan fingerprint density at radius 3 is 2.75 bits per heavy atom. The first-order chi connectivity index (χ1) is 11.7. The number of aromatic nitrogens is 2. The molecule has 1 atom stereocenters. The van der Waals surface area contributed by atoms with Crippen LogP contribution in [0, 0.1) is 0 Å². The summed E-state index contributed by atoms with van der Waals surface area (Å²) in [5.41, 5.74) is 2.45. The molecule has 1 unspecified atom stereocenters. The summed E-state index contributed by atoms with van der Waals surface area (Å²) in [6.07, 6.45) is 5.19. The van der Waals surface area contributed by atoms with E-state index in [1.807, 2.05) is 34.0 Å². The standard InChI is InChI=1S/C19H26N4O/c1-3-9-22-14-17(12-20-22)13-21-10-11-23(16(2)24)19(15-21)18-7-5-4-6-8-18/h4-8,12,14,19H,3,9-11,13,15H2,1-2H3. The molecule has 1 amide bonds. The number of amides is 1.